The van der Waals surface area contributed by atoms with Crippen molar-refractivity contribution < 1.29 is 18.9 Å². The standard InChI is InChI=1S/C18H20N4O4/c1-22-17(13-7-6-12(23-2)10-19-13)16(20-21-22)11-8-14(24-3)18(26-5)15(9-11)25-4/h6-10H,1-5H3. The Morgan fingerprint density at radius 1 is 0.885 bits per heavy atom. The highest BCUT2D eigenvalue weighted by molar-refractivity contribution is 5.79. The molecule has 0 aliphatic heterocycles. The number of aromatic nitrogens is 4. The van der Waals surface area contributed by atoms with Crippen LogP contribution >= 0.6 is 0 Å². The summed E-state index contributed by atoms with van der Waals surface area (Å²) in [4.78, 5) is 4.44. The molecule has 8 heteroatoms. The highest BCUT2D eigenvalue weighted by atomic mass is 16.5. The second-order valence-electron chi connectivity index (χ2n) is 5.41. The van der Waals surface area contributed by atoms with Crippen LogP contribution in [0.25, 0.3) is 22.6 Å². The minimum atomic E-state index is 0.520. The van der Waals surface area contributed by atoms with Gasteiger partial charge >= 0.3 is 0 Å². The average Bonchev–Trinajstić information content (AvgIpc) is 3.08. The molecule has 0 atom stereocenters. The molecule has 26 heavy (non-hydrogen) atoms. The summed E-state index contributed by atoms with van der Waals surface area (Å²) in [7, 11) is 8.13. The molecule has 0 radical (unpaired) electrons. The zero-order valence-electron chi connectivity index (χ0n) is 15.3. The summed E-state index contributed by atoms with van der Waals surface area (Å²) in [6, 6.07) is 7.37. The van der Waals surface area contributed by atoms with Gasteiger partial charge in [-0.1, -0.05) is 5.21 Å². The molecule has 0 amide bonds. The van der Waals surface area contributed by atoms with Gasteiger partial charge < -0.3 is 18.9 Å². The molecule has 3 rings (SSSR count). The molecule has 0 fully saturated rings. The van der Waals surface area contributed by atoms with Crippen LogP contribution in [0.1, 0.15) is 0 Å². The van der Waals surface area contributed by atoms with E-state index in [0.717, 1.165) is 17.0 Å². The van der Waals surface area contributed by atoms with Gasteiger partial charge in [0.2, 0.25) is 5.75 Å². The molecule has 0 saturated heterocycles. The predicted molar refractivity (Wildman–Crippen MR) is 95.9 cm³/mol. The van der Waals surface area contributed by atoms with Crippen molar-refractivity contribution in [3.63, 3.8) is 0 Å². The first-order chi connectivity index (χ1) is 12.6. The summed E-state index contributed by atoms with van der Waals surface area (Å²) in [5.41, 5.74) is 2.92. The lowest BCUT2D eigenvalue weighted by Crippen LogP contribution is -1.98. The molecule has 3 aromatic rings. The number of rotatable bonds is 6. The second kappa shape index (κ2) is 7.30. The van der Waals surface area contributed by atoms with Gasteiger partial charge in [-0.2, -0.15) is 0 Å². The van der Waals surface area contributed by atoms with E-state index in [1.54, 1.807) is 39.3 Å². The Labute approximate surface area is 151 Å². The van der Waals surface area contributed by atoms with Gasteiger partial charge in [-0.15, -0.1) is 5.10 Å². The molecule has 0 aliphatic carbocycles. The predicted octanol–water partition coefficient (Wildman–Crippen LogP) is 2.58. The van der Waals surface area contributed by atoms with Gasteiger partial charge in [-0.25, -0.2) is 4.68 Å². The smallest absolute Gasteiger partial charge is 0.203 e. The maximum Gasteiger partial charge on any atom is 0.203 e. The summed E-state index contributed by atoms with van der Waals surface area (Å²) in [5, 5.41) is 8.45. The van der Waals surface area contributed by atoms with Crippen molar-refractivity contribution in [2.24, 2.45) is 7.05 Å². The minimum Gasteiger partial charge on any atom is -0.495 e. The molecular weight excluding hydrogens is 336 g/mol. The quantitative estimate of drug-likeness (QED) is 0.671. The molecule has 1 aromatic carbocycles. The number of hydrogen-bond donors (Lipinski definition) is 0. The molecule has 0 aliphatic rings. The van der Waals surface area contributed by atoms with Crippen LogP contribution in [-0.2, 0) is 7.05 Å². The van der Waals surface area contributed by atoms with E-state index in [1.807, 2.05) is 31.3 Å². The molecule has 0 N–H and O–H groups in total. The van der Waals surface area contributed by atoms with Crippen LogP contribution in [0.5, 0.6) is 23.0 Å². The molecular formula is C18H20N4O4. The third-order valence-corrected chi connectivity index (χ3v) is 3.98. The Bertz CT molecular complexity index is 881. The molecule has 136 valence electrons. The summed E-state index contributed by atoms with van der Waals surface area (Å²) >= 11 is 0. The molecule has 0 spiro atoms. The number of nitrogens with zero attached hydrogens (tertiary/aromatic N) is 4. The van der Waals surface area contributed by atoms with Crippen LogP contribution in [0, 0.1) is 0 Å². The van der Waals surface area contributed by atoms with Crippen molar-refractivity contribution in [3.05, 3.63) is 30.5 Å². The first-order valence-electron chi connectivity index (χ1n) is 7.83. The number of benzene rings is 1. The van der Waals surface area contributed by atoms with Gasteiger partial charge in [0, 0.05) is 12.6 Å². The van der Waals surface area contributed by atoms with E-state index in [1.165, 1.54) is 0 Å². The molecule has 0 saturated carbocycles. The van der Waals surface area contributed by atoms with Gasteiger partial charge in [-0.3, -0.25) is 4.98 Å². The van der Waals surface area contributed by atoms with Gasteiger partial charge in [0.1, 0.15) is 17.1 Å². The maximum absolute atomic E-state index is 5.43. The van der Waals surface area contributed by atoms with E-state index in [-0.39, 0.29) is 0 Å². The normalized spacial score (nSPS) is 10.5. The van der Waals surface area contributed by atoms with E-state index >= 15 is 0 Å². The number of hydrogen-bond acceptors (Lipinski definition) is 7. The zero-order chi connectivity index (χ0) is 18.7. The highest BCUT2D eigenvalue weighted by Crippen LogP contribution is 2.42. The van der Waals surface area contributed by atoms with Gasteiger partial charge in [0.25, 0.3) is 0 Å². The van der Waals surface area contributed by atoms with Gasteiger partial charge in [0.05, 0.1) is 40.3 Å². The lowest BCUT2D eigenvalue weighted by Gasteiger charge is -2.14. The first kappa shape index (κ1) is 17.5. The number of ether oxygens (including phenoxy) is 4. The third kappa shape index (κ3) is 3.01. The van der Waals surface area contributed by atoms with Crippen LogP contribution in [0.4, 0.5) is 0 Å². The Morgan fingerprint density at radius 3 is 2.08 bits per heavy atom. The molecule has 0 bridgehead atoms. The van der Waals surface area contributed by atoms with E-state index in [9.17, 15) is 0 Å². The van der Waals surface area contributed by atoms with Gasteiger partial charge in [-0.05, 0) is 24.3 Å². The van der Waals surface area contributed by atoms with Crippen molar-refractivity contribution in [2.75, 3.05) is 28.4 Å². The number of methoxy groups -OCH3 is 4. The molecule has 2 aromatic heterocycles. The van der Waals surface area contributed by atoms with E-state index in [0.29, 0.717) is 28.7 Å². The fourth-order valence-corrected chi connectivity index (χ4v) is 2.70. The molecule has 0 unspecified atom stereocenters. The topological polar surface area (TPSA) is 80.5 Å². The largest absolute Gasteiger partial charge is 0.495 e. The van der Waals surface area contributed by atoms with Crippen molar-refractivity contribution >= 4 is 0 Å². The van der Waals surface area contributed by atoms with E-state index in [2.05, 4.69) is 15.3 Å². The van der Waals surface area contributed by atoms with Crippen molar-refractivity contribution in [2.45, 2.75) is 0 Å². The lowest BCUT2D eigenvalue weighted by atomic mass is 10.1. The SMILES string of the molecule is COc1ccc(-c2c(-c3cc(OC)c(OC)c(OC)c3)nnn2C)nc1. The fourth-order valence-electron chi connectivity index (χ4n) is 2.70. The Balaban J connectivity index is 2.16. The lowest BCUT2D eigenvalue weighted by molar-refractivity contribution is 0.324. The first-order valence-corrected chi connectivity index (χ1v) is 7.83. The molecule has 8 nitrogen and oxygen atoms in total. The summed E-state index contributed by atoms with van der Waals surface area (Å²) in [6.45, 7) is 0. The van der Waals surface area contributed by atoms with Crippen molar-refractivity contribution in [1.82, 2.24) is 20.0 Å². The van der Waals surface area contributed by atoms with Crippen LogP contribution in [-0.4, -0.2) is 48.4 Å². The summed E-state index contributed by atoms with van der Waals surface area (Å²) in [5.74, 6) is 2.28. The Morgan fingerprint density at radius 2 is 1.58 bits per heavy atom. The third-order valence-electron chi connectivity index (χ3n) is 3.98. The minimum absolute atomic E-state index is 0.520. The Kier molecular flexibility index (Phi) is 4.92. The van der Waals surface area contributed by atoms with E-state index < -0.39 is 0 Å². The monoisotopic (exact) mass is 356 g/mol. The van der Waals surface area contributed by atoms with E-state index in [4.69, 9.17) is 18.9 Å². The van der Waals surface area contributed by atoms with Gasteiger partial charge in [0.15, 0.2) is 11.5 Å². The van der Waals surface area contributed by atoms with Crippen LogP contribution in [0.2, 0.25) is 0 Å². The second-order valence-corrected chi connectivity index (χ2v) is 5.41. The van der Waals surface area contributed by atoms with Crippen LogP contribution < -0.4 is 18.9 Å². The average molecular weight is 356 g/mol. The van der Waals surface area contributed by atoms with Crippen LogP contribution in [0.15, 0.2) is 30.5 Å². The number of aryl methyl sites for hydroxylation is 1. The highest BCUT2D eigenvalue weighted by Gasteiger charge is 2.20. The Hall–Kier alpha value is -3.29. The summed E-state index contributed by atoms with van der Waals surface area (Å²) in [6.07, 6.45) is 1.65. The van der Waals surface area contributed by atoms with Crippen molar-refractivity contribution in [1.29, 1.82) is 0 Å². The number of pyridine rings is 1. The fraction of sp³-hybridized carbons (Fsp3) is 0.278. The maximum atomic E-state index is 5.43. The summed E-state index contributed by atoms with van der Waals surface area (Å²) < 4.78 is 23.1. The van der Waals surface area contributed by atoms with Crippen LogP contribution in [0.3, 0.4) is 0 Å². The molecule has 2 heterocycles. The van der Waals surface area contributed by atoms with Crippen molar-refractivity contribution in [3.8, 4) is 45.6 Å². The zero-order valence-corrected chi connectivity index (χ0v) is 15.3.